The van der Waals surface area contributed by atoms with E-state index in [2.05, 4.69) is 24.3 Å². The maximum absolute atomic E-state index is 11.0. The summed E-state index contributed by atoms with van der Waals surface area (Å²) in [5.41, 5.74) is 0.781. The molecule has 0 heterocycles. The van der Waals surface area contributed by atoms with Gasteiger partial charge in [0.05, 0.1) is 0 Å². The Labute approximate surface area is 137 Å². The van der Waals surface area contributed by atoms with Crippen molar-refractivity contribution >= 4 is 30.1 Å². The van der Waals surface area contributed by atoms with Gasteiger partial charge in [0.1, 0.15) is 5.85 Å². The predicted octanol–water partition coefficient (Wildman–Crippen LogP) is 4.46. The van der Waals surface area contributed by atoms with Gasteiger partial charge < -0.3 is 5.11 Å². The fourth-order valence-corrected chi connectivity index (χ4v) is 5.10. The number of rotatable bonds is 4. The van der Waals surface area contributed by atoms with E-state index >= 15 is 0 Å². The highest BCUT2D eigenvalue weighted by Gasteiger charge is 2.25. The second-order valence-corrected chi connectivity index (χ2v) is 7.61. The van der Waals surface area contributed by atoms with Gasteiger partial charge in [0, 0.05) is 10.6 Å². The summed E-state index contributed by atoms with van der Waals surface area (Å²) in [6.07, 6.45) is 0. The van der Waals surface area contributed by atoms with Crippen LogP contribution < -0.4 is 10.6 Å². The molecule has 0 amide bonds. The third-order valence-corrected chi connectivity index (χ3v) is 6.32. The molecule has 1 atom stereocenters. The van der Waals surface area contributed by atoms with E-state index in [4.69, 9.17) is 11.6 Å². The van der Waals surface area contributed by atoms with Crippen molar-refractivity contribution in [2.75, 3.05) is 0 Å². The van der Waals surface area contributed by atoms with Crippen molar-refractivity contribution in [1.82, 2.24) is 0 Å². The minimum Gasteiger partial charge on any atom is -0.383 e. The molecule has 0 fully saturated rings. The number of benzene rings is 3. The lowest BCUT2D eigenvalue weighted by Crippen LogP contribution is -2.17. The molecule has 0 spiro atoms. The molecule has 1 N–H and O–H groups in total. The van der Waals surface area contributed by atoms with Crippen LogP contribution in [-0.4, -0.2) is 5.11 Å². The van der Waals surface area contributed by atoms with Gasteiger partial charge in [0.2, 0.25) is 0 Å². The van der Waals surface area contributed by atoms with Gasteiger partial charge in [0.25, 0.3) is 0 Å². The van der Waals surface area contributed by atoms with Crippen molar-refractivity contribution < 1.29 is 5.11 Å². The van der Waals surface area contributed by atoms with Crippen LogP contribution in [0.15, 0.2) is 84.9 Å². The lowest BCUT2D eigenvalue weighted by atomic mass is 10.2. The minimum absolute atomic E-state index is 0.606. The quantitative estimate of drug-likeness (QED) is 0.702. The summed E-state index contributed by atoms with van der Waals surface area (Å²) in [5.74, 6) is -0.631. The van der Waals surface area contributed by atoms with E-state index < -0.39 is 13.8 Å². The van der Waals surface area contributed by atoms with E-state index in [9.17, 15) is 5.11 Å². The van der Waals surface area contributed by atoms with E-state index in [1.165, 1.54) is 0 Å². The monoisotopic (exact) mass is 326 g/mol. The minimum atomic E-state index is -0.933. The van der Waals surface area contributed by atoms with Gasteiger partial charge in [-0.3, -0.25) is 0 Å². The molecule has 0 aliphatic heterocycles. The molecule has 0 aliphatic rings. The first kappa shape index (κ1) is 15.2. The highest BCUT2D eigenvalue weighted by Crippen LogP contribution is 2.49. The van der Waals surface area contributed by atoms with Gasteiger partial charge in [0.15, 0.2) is 0 Å². The highest BCUT2D eigenvalue weighted by molar-refractivity contribution is 7.73. The first-order chi connectivity index (χ1) is 10.8. The second-order valence-electron chi connectivity index (χ2n) is 4.94. The maximum Gasteiger partial charge on any atom is 0.108 e. The summed E-state index contributed by atoms with van der Waals surface area (Å²) in [5, 5.41) is 13.9. The van der Waals surface area contributed by atoms with Crippen molar-refractivity contribution in [3.05, 3.63) is 95.5 Å². The normalized spacial score (nSPS) is 12.3. The molecule has 110 valence electrons. The number of aliphatic hydroxyl groups excluding tert-OH is 1. The number of hydrogen-bond donors (Lipinski definition) is 1. The van der Waals surface area contributed by atoms with Crippen molar-refractivity contribution in [1.29, 1.82) is 0 Å². The Morgan fingerprint density at radius 1 is 0.682 bits per heavy atom. The van der Waals surface area contributed by atoms with Crippen LogP contribution in [-0.2, 0) is 0 Å². The van der Waals surface area contributed by atoms with Gasteiger partial charge >= 0.3 is 0 Å². The molecule has 3 aromatic rings. The number of aliphatic hydroxyl groups is 1. The van der Waals surface area contributed by atoms with Crippen LogP contribution in [0.3, 0.4) is 0 Å². The molecule has 3 rings (SSSR count). The molecule has 3 aromatic carbocycles. The average molecular weight is 327 g/mol. The summed E-state index contributed by atoms with van der Waals surface area (Å²) in [7, 11) is -0.933. The van der Waals surface area contributed by atoms with E-state index in [0.717, 1.165) is 16.2 Å². The third-order valence-electron chi connectivity index (χ3n) is 3.50. The summed E-state index contributed by atoms with van der Waals surface area (Å²) in [6.45, 7) is 0. The second kappa shape index (κ2) is 7.07. The lowest BCUT2D eigenvalue weighted by molar-refractivity contribution is 0.266. The first-order valence-electron chi connectivity index (χ1n) is 7.09. The molecule has 0 saturated carbocycles. The van der Waals surface area contributed by atoms with Crippen LogP contribution in [0.1, 0.15) is 11.4 Å². The first-order valence-corrected chi connectivity index (χ1v) is 8.88. The maximum atomic E-state index is 11.0. The molecule has 0 saturated heterocycles. The van der Waals surface area contributed by atoms with Crippen LogP contribution in [0.2, 0.25) is 5.02 Å². The molecular weight excluding hydrogens is 311 g/mol. The predicted molar refractivity (Wildman–Crippen MR) is 95.5 cm³/mol. The van der Waals surface area contributed by atoms with Gasteiger partial charge in [-0.05, 0) is 24.6 Å². The van der Waals surface area contributed by atoms with Crippen molar-refractivity contribution in [3.8, 4) is 0 Å². The molecular formula is C19H16ClOP. The fraction of sp³-hybridized carbons (Fsp3) is 0.0526. The smallest absolute Gasteiger partial charge is 0.108 e. The molecule has 1 unspecified atom stereocenters. The zero-order valence-corrected chi connectivity index (χ0v) is 13.6. The topological polar surface area (TPSA) is 20.2 Å². The summed E-state index contributed by atoms with van der Waals surface area (Å²) < 4.78 is 0. The van der Waals surface area contributed by atoms with Crippen molar-refractivity contribution in [2.45, 2.75) is 5.85 Å². The molecule has 0 bridgehead atoms. The molecule has 22 heavy (non-hydrogen) atoms. The number of halogens is 1. The van der Waals surface area contributed by atoms with Gasteiger partial charge in [-0.1, -0.05) is 90.5 Å². The Hall–Kier alpha value is -1.66. The molecule has 0 radical (unpaired) electrons. The van der Waals surface area contributed by atoms with Crippen LogP contribution in [0.25, 0.3) is 0 Å². The van der Waals surface area contributed by atoms with Crippen LogP contribution in [0.5, 0.6) is 0 Å². The van der Waals surface area contributed by atoms with Gasteiger partial charge in [-0.15, -0.1) is 0 Å². The largest absolute Gasteiger partial charge is 0.383 e. The van der Waals surface area contributed by atoms with Crippen molar-refractivity contribution in [2.24, 2.45) is 0 Å². The Kier molecular flexibility index (Phi) is 4.90. The SMILES string of the molecule is OC(c1ccccc1Cl)P(c1ccccc1)c1ccccc1. The van der Waals surface area contributed by atoms with Gasteiger partial charge in [-0.2, -0.15) is 0 Å². The lowest BCUT2D eigenvalue weighted by Gasteiger charge is -2.25. The van der Waals surface area contributed by atoms with Crippen LogP contribution >= 0.6 is 19.5 Å². The van der Waals surface area contributed by atoms with E-state index in [1.807, 2.05) is 60.7 Å². The zero-order chi connectivity index (χ0) is 15.4. The van der Waals surface area contributed by atoms with Crippen molar-refractivity contribution in [3.63, 3.8) is 0 Å². The zero-order valence-electron chi connectivity index (χ0n) is 11.9. The van der Waals surface area contributed by atoms with Gasteiger partial charge in [-0.25, -0.2) is 0 Å². The summed E-state index contributed by atoms with van der Waals surface area (Å²) >= 11 is 6.29. The summed E-state index contributed by atoms with van der Waals surface area (Å²) in [4.78, 5) is 0. The van der Waals surface area contributed by atoms with E-state index in [0.29, 0.717) is 5.02 Å². The fourth-order valence-electron chi connectivity index (χ4n) is 2.43. The molecule has 3 heteroatoms. The van der Waals surface area contributed by atoms with Crippen LogP contribution in [0.4, 0.5) is 0 Å². The number of hydrogen-bond acceptors (Lipinski definition) is 1. The van der Waals surface area contributed by atoms with Crippen LogP contribution in [0, 0.1) is 0 Å². The Bertz CT molecular complexity index is 691. The average Bonchev–Trinajstić information content (AvgIpc) is 2.57. The van der Waals surface area contributed by atoms with E-state index in [-0.39, 0.29) is 0 Å². The Morgan fingerprint density at radius 2 is 1.14 bits per heavy atom. The Balaban J connectivity index is 2.08. The summed E-state index contributed by atoms with van der Waals surface area (Å²) in [6, 6.07) is 27.8. The molecule has 0 aromatic heterocycles. The standard InChI is InChI=1S/C19H16ClOP/c20-18-14-8-7-13-17(18)19(21)22(15-9-3-1-4-10-15)16-11-5-2-6-12-16/h1-14,19,21H. The third kappa shape index (κ3) is 3.23. The Morgan fingerprint density at radius 3 is 1.64 bits per heavy atom. The molecule has 0 aliphatic carbocycles. The molecule has 1 nitrogen and oxygen atoms in total. The van der Waals surface area contributed by atoms with E-state index in [1.54, 1.807) is 0 Å². The highest BCUT2D eigenvalue weighted by atomic mass is 35.5.